The number of carbonyl (C=O) groups is 2. The molecule has 0 fully saturated rings. The average molecular weight is 223 g/mol. The number of nitrogens with one attached hydrogen (secondary N) is 2. The molecule has 0 atom stereocenters. The molecule has 0 aliphatic heterocycles. The first-order valence-corrected chi connectivity index (χ1v) is 4.65. The fraction of sp³-hybridized carbons (Fsp3) is 0.200. The van der Waals surface area contributed by atoms with Gasteiger partial charge in [-0.25, -0.2) is 15.0 Å². The molecule has 1 aromatic carbocycles. The van der Waals surface area contributed by atoms with Crippen LogP contribution in [0.1, 0.15) is 6.92 Å². The first-order valence-electron chi connectivity index (χ1n) is 4.65. The van der Waals surface area contributed by atoms with Gasteiger partial charge >= 0.3 is 12.0 Å². The van der Waals surface area contributed by atoms with Crippen LogP contribution in [0.2, 0.25) is 0 Å². The highest BCUT2D eigenvalue weighted by molar-refractivity contribution is 5.76. The van der Waals surface area contributed by atoms with E-state index in [2.05, 4.69) is 10.7 Å². The van der Waals surface area contributed by atoms with Gasteiger partial charge in [0.1, 0.15) is 0 Å². The van der Waals surface area contributed by atoms with E-state index in [-0.39, 0.29) is 0 Å². The molecule has 0 heterocycles. The first-order chi connectivity index (χ1) is 7.63. The van der Waals surface area contributed by atoms with Crippen molar-refractivity contribution in [3.8, 4) is 0 Å². The Labute approximate surface area is 93.1 Å². The first kappa shape index (κ1) is 11.8. The molecule has 0 spiro atoms. The number of amides is 2. The van der Waals surface area contributed by atoms with Crippen molar-refractivity contribution in [2.75, 3.05) is 12.2 Å². The summed E-state index contributed by atoms with van der Waals surface area (Å²) in [6.07, 6.45) is 0. The molecule has 6 heteroatoms. The Morgan fingerprint density at radius 1 is 1.25 bits per heavy atom. The van der Waals surface area contributed by atoms with Crippen molar-refractivity contribution in [3.63, 3.8) is 0 Å². The molecule has 6 nitrogen and oxygen atoms in total. The van der Waals surface area contributed by atoms with Crippen LogP contribution in [0.15, 0.2) is 30.3 Å². The quantitative estimate of drug-likeness (QED) is 0.744. The van der Waals surface area contributed by atoms with Crippen molar-refractivity contribution < 1.29 is 14.4 Å². The minimum Gasteiger partial charge on any atom is -0.340 e. The monoisotopic (exact) mass is 223 g/mol. The molecule has 16 heavy (non-hydrogen) atoms. The Hall–Kier alpha value is -2.24. The Kier molecular flexibility index (Phi) is 4.14. The average Bonchev–Trinajstić information content (AvgIpc) is 2.28. The second kappa shape index (κ2) is 5.59. The third kappa shape index (κ3) is 3.49. The van der Waals surface area contributed by atoms with Crippen LogP contribution in [0.3, 0.4) is 0 Å². The van der Waals surface area contributed by atoms with Gasteiger partial charge in [-0.15, -0.1) is 5.17 Å². The lowest BCUT2D eigenvalue weighted by Crippen LogP contribution is -2.47. The number of nitrogens with zero attached hydrogens (tertiary/aromatic N) is 1. The molecule has 2 amide bonds. The summed E-state index contributed by atoms with van der Waals surface area (Å²) in [5.74, 6) is -0.528. The summed E-state index contributed by atoms with van der Waals surface area (Å²) in [6.45, 7) is 1.25. The smallest absolute Gasteiger partial charge is 0.335 e. The van der Waals surface area contributed by atoms with Gasteiger partial charge in [0, 0.05) is 14.0 Å². The molecular weight excluding hydrogens is 210 g/mol. The van der Waals surface area contributed by atoms with Gasteiger partial charge < -0.3 is 10.2 Å². The van der Waals surface area contributed by atoms with E-state index in [0.29, 0.717) is 5.69 Å². The van der Waals surface area contributed by atoms with Crippen LogP contribution in [-0.2, 0) is 9.63 Å². The summed E-state index contributed by atoms with van der Waals surface area (Å²) in [7, 11) is 1.46. The van der Waals surface area contributed by atoms with Gasteiger partial charge in [-0.3, -0.25) is 0 Å². The predicted octanol–water partition coefficient (Wildman–Crippen LogP) is 0.815. The molecular formula is C10H13N3O3. The Morgan fingerprint density at radius 3 is 2.38 bits per heavy atom. The van der Waals surface area contributed by atoms with Crippen LogP contribution in [0.25, 0.3) is 0 Å². The topological polar surface area (TPSA) is 70.7 Å². The number of benzene rings is 1. The van der Waals surface area contributed by atoms with Gasteiger partial charge in [-0.2, -0.15) is 0 Å². The molecule has 0 bridgehead atoms. The normalized spacial score (nSPS) is 9.12. The Morgan fingerprint density at radius 2 is 1.88 bits per heavy atom. The number of hydrazine groups is 1. The number of hydrogen-bond donors (Lipinski definition) is 2. The van der Waals surface area contributed by atoms with Crippen molar-refractivity contribution in [3.05, 3.63) is 30.3 Å². The number of rotatable bonds is 3. The number of hydrogen-bond acceptors (Lipinski definition) is 4. The van der Waals surface area contributed by atoms with E-state index in [1.165, 1.54) is 14.0 Å². The van der Waals surface area contributed by atoms with Gasteiger partial charge in [0.25, 0.3) is 0 Å². The highest BCUT2D eigenvalue weighted by atomic mass is 16.7. The highest BCUT2D eigenvalue weighted by Gasteiger charge is 2.11. The maximum absolute atomic E-state index is 11.1. The maximum Gasteiger partial charge on any atom is 0.335 e. The van der Waals surface area contributed by atoms with Crippen molar-refractivity contribution in [1.82, 2.24) is 10.7 Å². The molecule has 0 aliphatic rings. The van der Waals surface area contributed by atoms with Crippen LogP contribution in [-0.4, -0.2) is 19.0 Å². The zero-order valence-corrected chi connectivity index (χ0v) is 9.06. The van der Waals surface area contributed by atoms with Crippen LogP contribution in [0.5, 0.6) is 0 Å². The molecule has 0 saturated heterocycles. The standard InChI is InChI=1S/C10H13N3O3/c1-8(14)16-13(12-10(15)11-2)9-6-4-3-5-7-9/h3-7H,1-2H3,(H2,11,12,15). The van der Waals surface area contributed by atoms with E-state index in [0.717, 1.165) is 5.17 Å². The molecule has 2 N–H and O–H groups in total. The minimum atomic E-state index is -0.528. The third-order valence-electron chi connectivity index (χ3n) is 1.64. The van der Waals surface area contributed by atoms with Crippen LogP contribution in [0, 0.1) is 0 Å². The third-order valence-corrected chi connectivity index (χ3v) is 1.64. The number of para-hydroxylation sites is 1. The predicted molar refractivity (Wildman–Crippen MR) is 58.3 cm³/mol. The molecule has 0 aliphatic carbocycles. The molecule has 1 aromatic rings. The fourth-order valence-electron chi connectivity index (χ4n) is 0.980. The zero-order chi connectivity index (χ0) is 12.0. The second-order valence-electron chi connectivity index (χ2n) is 2.90. The summed E-state index contributed by atoms with van der Waals surface area (Å²) in [4.78, 5) is 26.8. The van der Waals surface area contributed by atoms with E-state index in [4.69, 9.17) is 4.84 Å². The SMILES string of the molecule is CNC(=O)NN(OC(C)=O)c1ccccc1. The van der Waals surface area contributed by atoms with Crippen molar-refractivity contribution in [1.29, 1.82) is 0 Å². The van der Waals surface area contributed by atoms with E-state index in [1.54, 1.807) is 24.3 Å². The van der Waals surface area contributed by atoms with Gasteiger partial charge in [-0.05, 0) is 12.1 Å². The van der Waals surface area contributed by atoms with Gasteiger partial charge in [0.15, 0.2) is 0 Å². The second-order valence-corrected chi connectivity index (χ2v) is 2.90. The van der Waals surface area contributed by atoms with Gasteiger partial charge in [0.05, 0.1) is 5.69 Å². The molecule has 86 valence electrons. The highest BCUT2D eigenvalue weighted by Crippen LogP contribution is 2.11. The van der Waals surface area contributed by atoms with Crippen LogP contribution < -0.4 is 15.9 Å². The van der Waals surface area contributed by atoms with E-state index >= 15 is 0 Å². The molecule has 0 aromatic heterocycles. The lowest BCUT2D eigenvalue weighted by atomic mass is 10.3. The lowest BCUT2D eigenvalue weighted by molar-refractivity contribution is -0.143. The van der Waals surface area contributed by atoms with E-state index < -0.39 is 12.0 Å². The molecule has 0 radical (unpaired) electrons. The van der Waals surface area contributed by atoms with Crippen molar-refractivity contribution in [2.45, 2.75) is 6.92 Å². The maximum atomic E-state index is 11.1. The van der Waals surface area contributed by atoms with E-state index in [9.17, 15) is 9.59 Å². The summed E-state index contributed by atoms with van der Waals surface area (Å²) in [5.41, 5.74) is 2.90. The van der Waals surface area contributed by atoms with Crippen molar-refractivity contribution >= 4 is 17.7 Å². The molecule has 0 unspecified atom stereocenters. The number of carbonyl (C=O) groups excluding carboxylic acids is 2. The zero-order valence-electron chi connectivity index (χ0n) is 9.06. The fourth-order valence-corrected chi connectivity index (χ4v) is 0.980. The summed E-state index contributed by atoms with van der Waals surface area (Å²) in [5, 5.41) is 3.36. The van der Waals surface area contributed by atoms with E-state index in [1.807, 2.05) is 6.07 Å². The summed E-state index contributed by atoms with van der Waals surface area (Å²) >= 11 is 0. The van der Waals surface area contributed by atoms with Gasteiger partial charge in [0.2, 0.25) is 0 Å². The summed E-state index contributed by atoms with van der Waals surface area (Å²) < 4.78 is 0. The largest absolute Gasteiger partial charge is 0.340 e. The van der Waals surface area contributed by atoms with Crippen LogP contribution in [0.4, 0.5) is 10.5 Å². The van der Waals surface area contributed by atoms with Crippen LogP contribution >= 0.6 is 0 Å². The Bertz CT molecular complexity index is 367. The number of anilines is 1. The van der Waals surface area contributed by atoms with Gasteiger partial charge in [-0.1, -0.05) is 18.2 Å². The number of urea groups is 1. The Balaban J connectivity index is 2.79. The van der Waals surface area contributed by atoms with Crippen molar-refractivity contribution in [2.24, 2.45) is 0 Å². The minimum absolute atomic E-state index is 0.481. The molecule has 0 saturated carbocycles. The molecule has 1 rings (SSSR count). The lowest BCUT2D eigenvalue weighted by Gasteiger charge is -2.22. The summed E-state index contributed by atoms with van der Waals surface area (Å²) in [6, 6.07) is 8.24.